The first-order chi connectivity index (χ1) is 11.0. The van der Waals surface area contributed by atoms with Crippen LogP contribution >= 0.6 is 11.6 Å². The Labute approximate surface area is 141 Å². The highest BCUT2D eigenvalue weighted by molar-refractivity contribution is 6.30. The van der Waals surface area contributed by atoms with Crippen LogP contribution in [0.5, 0.6) is 0 Å². The SMILES string of the molecule is CC[C@H](CNC(=O)[C@@H]1COCCN1C(C)=O)c1ccc(Cl)cc1. The van der Waals surface area contributed by atoms with Gasteiger partial charge >= 0.3 is 0 Å². The summed E-state index contributed by atoms with van der Waals surface area (Å²) in [4.78, 5) is 25.6. The van der Waals surface area contributed by atoms with Gasteiger partial charge in [0.15, 0.2) is 0 Å². The highest BCUT2D eigenvalue weighted by atomic mass is 35.5. The van der Waals surface area contributed by atoms with E-state index in [2.05, 4.69) is 12.2 Å². The molecule has 126 valence electrons. The fourth-order valence-corrected chi connectivity index (χ4v) is 2.90. The van der Waals surface area contributed by atoms with Crippen molar-refractivity contribution < 1.29 is 14.3 Å². The normalized spacial score (nSPS) is 19.3. The molecule has 1 saturated heterocycles. The van der Waals surface area contributed by atoms with Gasteiger partial charge in [0.05, 0.1) is 13.2 Å². The second-order valence-corrected chi connectivity index (χ2v) is 6.14. The molecule has 0 saturated carbocycles. The van der Waals surface area contributed by atoms with Crippen molar-refractivity contribution in [1.82, 2.24) is 10.2 Å². The van der Waals surface area contributed by atoms with E-state index in [-0.39, 0.29) is 24.3 Å². The molecule has 1 aliphatic rings. The average molecular weight is 339 g/mol. The summed E-state index contributed by atoms with van der Waals surface area (Å²) in [6.45, 7) is 5.28. The lowest BCUT2D eigenvalue weighted by Gasteiger charge is -2.34. The third kappa shape index (κ3) is 4.69. The van der Waals surface area contributed by atoms with Crippen LogP contribution in [0.15, 0.2) is 24.3 Å². The summed E-state index contributed by atoms with van der Waals surface area (Å²) in [5, 5.41) is 3.65. The van der Waals surface area contributed by atoms with Crippen molar-refractivity contribution in [3.05, 3.63) is 34.9 Å². The Balaban J connectivity index is 1.96. The molecule has 1 heterocycles. The lowest BCUT2D eigenvalue weighted by molar-refractivity contribution is -0.146. The van der Waals surface area contributed by atoms with Crippen LogP contribution in [0.4, 0.5) is 0 Å². The predicted octanol–water partition coefficient (Wildman–Crippen LogP) is 2.20. The second kappa shape index (κ2) is 8.31. The van der Waals surface area contributed by atoms with Crippen molar-refractivity contribution >= 4 is 23.4 Å². The van der Waals surface area contributed by atoms with Gasteiger partial charge in [-0.05, 0) is 24.1 Å². The Kier molecular flexibility index (Phi) is 6.42. The first-order valence-electron chi connectivity index (χ1n) is 7.91. The maximum Gasteiger partial charge on any atom is 0.245 e. The molecule has 2 atom stereocenters. The van der Waals surface area contributed by atoms with Crippen molar-refractivity contribution in [3.8, 4) is 0 Å². The summed E-state index contributed by atoms with van der Waals surface area (Å²) in [7, 11) is 0. The maximum atomic E-state index is 12.4. The van der Waals surface area contributed by atoms with Crippen LogP contribution in [0.25, 0.3) is 0 Å². The summed E-state index contributed by atoms with van der Waals surface area (Å²) in [5.41, 5.74) is 1.14. The average Bonchev–Trinajstić information content (AvgIpc) is 2.56. The topological polar surface area (TPSA) is 58.6 Å². The van der Waals surface area contributed by atoms with E-state index in [4.69, 9.17) is 16.3 Å². The number of benzene rings is 1. The molecule has 0 bridgehead atoms. The molecule has 6 heteroatoms. The standard InChI is InChI=1S/C17H23ClN2O3/c1-3-13(14-4-6-15(18)7-5-14)10-19-17(22)16-11-23-9-8-20(16)12(2)21/h4-7,13,16H,3,8-11H2,1-2H3,(H,19,22)/t13-,16+/m1/s1. The third-order valence-electron chi connectivity index (χ3n) is 4.19. The molecule has 2 amide bonds. The molecule has 1 aliphatic heterocycles. The molecule has 0 aliphatic carbocycles. The number of nitrogens with zero attached hydrogens (tertiary/aromatic N) is 1. The second-order valence-electron chi connectivity index (χ2n) is 5.70. The van der Waals surface area contributed by atoms with Gasteiger partial charge in [-0.15, -0.1) is 0 Å². The number of amides is 2. The van der Waals surface area contributed by atoms with Crippen LogP contribution in [-0.2, 0) is 14.3 Å². The Morgan fingerprint density at radius 1 is 1.39 bits per heavy atom. The summed E-state index contributed by atoms with van der Waals surface area (Å²) >= 11 is 5.91. The van der Waals surface area contributed by atoms with E-state index >= 15 is 0 Å². The number of carbonyl (C=O) groups excluding carboxylic acids is 2. The molecule has 1 N–H and O–H groups in total. The number of carbonyl (C=O) groups is 2. The van der Waals surface area contributed by atoms with Crippen LogP contribution in [0.3, 0.4) is 0 Å². The molecule has 1 aromatic rings. The number of hydrogen-bond donors (Lipinski definition) is 1. The fourth-order valence-electron chi connectivity index (χ4n) is 2.77. The largest absolute Gasteiger partial charge is 0.377 e. The van der Waals surface area contributed by atoms with Gasteiger partial charge in [-0.3, -0.25) is 9.59 Å². The molecule has 0 radical (unpaired) electrons. The van der Waals surface area contributed by atoms with E-state index in [0.717, 1.165) is 12.0 Å². The third-order valence-corrected chi connectivity index (χ3v) is 4.44. The predicted molar refractivity (Wildman–Crippen MR) is 89.5 cm³/mol. The molecule has 0 unspecified atom stereocenters. The van der Waals surface area contributed by atoms with E-state index in [9.17, 15) is 9.59 Å². The summed E-state index contributed by atoms with van der Waals surface area (Å²) < 4.78 is 5.35. The number of halogens is 1. The molecular formula is C17H23ClN2O3. The minimum Gasteiger partial charge on any atom is -0.377 e. The molecular weight excluding hydrogens is 316 g/mol. The van der Waals surface area contributed by atoms with E-state index in [1.807, 2.05) is 24.3 Å². The van der Waals surface area contributed by atoms with Crippen LogP contribution < -0.4 is 5.32 Å². The molecule has 5 nitrogen and oxygen atoms in total. The Morgan fingerprint density at radius 2 is 2.09 bits per heavy atom. The Bertz CT molecular complexity index is 547. The van der Waals surface area contributed by atoms with Gasteiger partial charge in [0, 0.05) is 31.0 Å². The highest BCUT2D eigenvalue weighted by Crippen LogP contribution is 2.21. The van der Waals surface area contributed by atoms with Gasteiger partial charge in [0.25, 0.3) is 0 Å². The van der Waals surface area contributed by atoms with Gasteiger partial charge in [-0.25, -0.2) is 0 Å². The van der Waals surface area contributed by atoms with Gasteiger partial charge < -0.3 is 15.0 Å². The molecule has 2 rings (SSSR count). The van der Waals surface area contributed by atoms with Crippen LogP contribution in [0, 0.1) is 0 Å². The van der Waals surface area contributed by atoms with Gasteiger partial charge in [-0.2, -0.15) is 0 Å². The summed E-state index contributed by atoms with van der Waals surface area (Å²) in [6.07, 6.45) is 0.902. The zero-order valence-corrected chi connectivity index (χ0v) is 14.3. The zero-order chi connectivity index (χ0) is 16.8. The van der Waals surface area contributed by atoms with Crippen LogP contribution in [-0.4, -0.2) is 49.1 Å². The van der Waals surface area contributed by atoms with Crippen LogP contribution in [0.1, 0.15) is 31.7 Å². The van der Waals surface area contributed by atoms with E-state index < -0.39 is 6.04 Å². The van der Waals surface area contributed by atoms with Gasteiger partial charge in [-0.1, -0.05) is 30.7 Å². The Morgan fingerprint density at radius 3 is 2.70 bits per heavy atom. The van der Waals surface area contributed by atoms with E-state index in [1.165, 1.54) is 6.92 Å². The number of rotatable bonds is 5. The number of nitrogens with one attached hydrogen (secondary N) is 1. The van der Waals surface area contributed by atoms with Crippen molar-refractivity contribution in [2.24, 2.45) is 0 Å². The van der Waals surface area contributed by atoms with E-state index in [0.29, 0.717) is 24.7 Å². The zero-order valence-electron chi connectivity index (χ0n) is 13.5. The van der Waals surface area contributed by atoms with Crippen molar-refractivity contribution in [3.63, 3.8) is 0 Å². The fraction of sp³-hybridized carbons (Fsp3) is 0.529. The first kappa shape index (κ1) is 17.8. The van der Waals surface area contributed by atoms with Crippen LogP contribution in [0.2, 0.25) is 5.02 Å². The monoisotopic (exact) mass is 338 g/mol. The van der Waals surface area contributed by atoms with Gasteiger partial charge in [0.1, 0.15) is 6.04 Å². The van der Waals surface area contributed by atoms with Crippen molar-refractivity contribution in [1.29, 1.82) is 0 Å². The molecule has 1 aromatic carbocycles. The van der Waals surface area contributed by atoms with Gasteiger partial charge in [0.2, 0.25) is 11.8 Å². The smallest absolute Gasteiger partial charge is 0.245 e. The van der Waals surface area contributed by atoms with Crippen molar-refractivity contribution in [2.45, 2.75) is 32.2 Å². The minimum atomic E-state index is -0.538. The summed E-state index contributed by atoms with van der Waals surface area (Å²) in [6, 6.07) is 7.13. The number of ether oxygens (including phenoxy) is 1. The summed E-state index contributed by atoms with van der Waals surface area (Å²) in [5.74, 6) is -0.0444. The number of hydrogen-bond acceptors (Lipinski definition) is 3. The molecule has 23 heavy (non-hydrogen) atoms. The lowest BCUT2D eigenvalue weighted by atomic mass is 9.96. The quantitative estimate of drug-likeness (QED) is 0.895. The highest BCUT2D eigenvalue weighted by Gasteiger charge is 2.31. The lowest BCUT2D eigenvalue weighted by Crippen LogP contribution is -2.55. The molecule has 0 aromatic heterocycles. The Hall–Kier alpha value is -1.59. The van der Waals surface area contributed by atoms with Crippen molar-refractivity contribution in [2.75, 3.05) is 26.3 Å². The molecule has 0 spiro atoms. The maximum absolute atomic E-state index is 12.4. The van der Waals surface area contributed by atoms with E-state index in [1.54, 1.807) is 4.90 Å². The molecule has 1 fully saturated rings. The first-order valence-corrected chi connectivity index (χ1v) is 8.28. The number of morpholine rings is 1. The minimum absolute atomic E-state index is 0.0989.